The van der Waals surface area contributed by atoms with E-state index < -0.39 is 0 Å². The van der Waals surface area contributed by atoms with Gasteiger partial charge in [-0.3, -0.25) is 4.90 Å². The normalized spacial score (nSPS) is 18.4. The van der Waals surface area contributed by atoms with Crippen molar-refractivity contribution >= 4 is 12.4 Å². The summed E-state index contributed by atoms with van der Waals surface area (Å²) in [6, 6.07) is 9.13. The molecule has 1 N–H and O–H groups in total. The largest absolute Gasteiger partial charge is 0.494 e. The molecule has 0 aromatic heterocycles. The minimum Gasteiger partial charge on any atom is -0.494 e. The van der Waals surface area contributed by atoms with Crippen molar-refractivity contribution in [3.63, 3.8) is 0 Å². The Morgan fingerprint density at radius 3 is 2.95 bits per heavy atom. The van der Waals surface area contributed by atoms with Gasteiger partial charge in [-0.05, 0) is 44.1 Å². The first-order valence-corrected chi connectivity index (χ1v) is 6.92. The van der Waals surface area contributed by atoms with E-state index in [2.05, 4.69) is 42.4 Å². The topological polar surface area (TPSA) is 24.5 Å². The molecule has 1 aliphatic rings. The van der Waals surface area contributed by atoms with E-state index >= 15 is 0 Å². The number of benzene rings is 1. The molecule has 0 aliphatic carbocycles. The Hall–Kier alpha value is -0.770. The lowest BCUT2D eigenvalue weighted by molar-refractivity contribution is 0.248. The van der Waals surface area contributed by atoms with E-state index in [9.17, 15) is 0 Å². The van der Waals surface area contributed by atoms with Crippen LogP contribution in [0.4, 0.5) is 0 Å². The van der Waals surface area contributed by atoms with Crippen molar-refractivity contribution in [3.8, 4) is 5.75 Å². The zero-order chi connectivity index (χ0) is 12.8. The van der Waals surface area contributed by atoms with Gasteiger partial charge in [0, 0.05) is 19.1 Å². The number of ether oxygens (including phenoxy) is 1. The number of likely N-dealkylation sites (N-methyl/N-ethyl adjacent to an activating group) is 1. The number of hydrogen-bond donors (Lipinski definition) is 1. The van der Waals surface area contributed by atoms with Gasteiger partial charge in [0.05, 0.1) is 6.61 Å². The van der Waals surface area contributed by atoms with Crippen molar-refractivity contribution in [3.05, 3.63) is 29.8 Å². The third kappa shape index (κ3) is 5.01. The highest BCUT2D eigenvalue weighted by molar-refractivity contribution is 5.85. The summed E-state index contributed by atoms with van der Waals surface area (Å²) in [5.74, 6) is 0.993. The highest BCUT2D eigenvalue weighted by Gasteiger charge is 2.18. The molecule has 1 atom stereocenters. The molecule has 2 rings (SSSR count). The Morgan fingerprint density at radius 1 is 1.42 bits per heavy atom. The van der Waals surface area contributed by atoms with Crippen LogP contribution in [0.3, 0.4) is 0 Å². The van der Waals surface area contributed by atoms with Gasteiger partial charge >= 0.3 is 0 Å². The van der Waals surface area contributed by atoms with Gasteiger partial charge in [-0.1, -0.05) is 19.1 Å². The van der Waals surface area contributed by atoms with Crippen molar-refractivity contribution in [1.82, 2.24) is 10.2 Å². The van der Waals surface area contributed by atoms with Crippen LogP contribution < -0.4 is 10.1 Å². The second kappa shape index (κ2) is 8.41. The molecule has 4 heteroatoms. The van der Waals surface area contributed by atoms with Crippen molar-refractivity contribution < 1.29 is 4.74 Å². The molecule has 1 fully saturated rings. The van der Waals surface area contributed by atoms with Gasteiger partial charge in [0.25, 0.3) is 0 Å². The number of halogens is 1. The average Bonchev–Trinajstić information content (AvgIpc) is 2.91. The van der Waals surface area contributed by atoms with E-state index in [1.807, 2.05) is 6.07 Å². The summed E-state index contributed by atoms with van der Waals surface area (Å²) in [6.07, 6.45) is 2.31. The van der Waals surface area contributed by atoms with E-state index in [0.717, 1.165) is 38.4 Å². The number of nitrogens with one attached hydrogen (secondary N) is 1. The summed E-state index contributed by atoms with van der Waals surface area (Å²) in [7, 11) is 2.21. The van der Waals surface area contributed by atoms with E-state index in [1.165, 1.54) is 12.0 Å². The van der Waals surface area contributed by atoms with Gasteiger partial charge in [-0.25, -0.2) is 0 Å². The maximum atomic E-state index is 5.67. The lowest BCUT2D eigenvalue weighted by atomic mass is 10.1. The summed E-state index contributed by atoms with van der Waals surface area (Å²) in [4.78, 5) is 2.43. The van der Waals surface area contributed by atoms with E-state index in [-0.39, 0.29) is 12.4 Å². The second-order valence-corrected chi connectivity index (χ2v) is 5.06. The number of hydrogen-bond acceptors (Lipinski definition) is 3. The Labute approximate surface area is 122 Å². The first kappa shape index (κ1) is 16.3. The molecule has 1 heterocycles. The monoisotopic (exact) mass is 284 g/mol. The van der Waals surface area contributed by atoms with Gasteiger partial charge in [0.2, 0.25) is 0 Å². The van der Waals surface area contributed by atoms with Crippen molar-refractivity contribution in [2.24, 2.45) is 0 Å². The zero-order valence-electron chi connectivity index (χ0n) is 11.9. The van der Waals surface area contributed by atoms with E-state index in [0.29, 0.717) is 6.04 Å². The number of rotatable bonds is 6. The Morgan fingerprint density at radius 2 is 2.26 bits per heavy atom. The molecule has 1 aromatic carbocycles. The lowest BCUT2D eigenvalue weighted by Gasteiger charge is -2.23. The van der Waals surface area contributed by atoms with Crippen molar-refractivity contribution in [1.29, 1.82) is 0 Å². The summed E-state index contributed by atoms with van der Waals surface area (Å²) in [5, 5.41) is 3.41. The molecule has 0 radical (unpaired) electrons. The quantitative estimate of drug-likeness (QED) is 0.869. The summed E-state index contributed by atoms with van der Waals surface area (Å²) in [6.45, 7) is 6.18. The van der Waals surface area contributed by atoms with E-state index in [4.69, 9.17) is 4.74 Å². The Balaban J connectivity index is 0.00000180. The summed E-state index contributed by atoms with van der Waals surface area (Å²) < 4.78 is 5.67. The van der Waals surface area contributed by atoms with Crippen LogP contribution in [0.2, 0.25) is 0 Å². The fourth-order valence-electron chi connectivity index (χ4n) is 2.39. The molecule has 3 nitrogen and oxygen atoms in total. The molecule has 19 heavy (non-hydrogen) atoms. The third-order valence-corrected chi connectivity index (χ3v) is 3.46. The lowest BCUT2D eigenvalue weighted by Crippen LogP contribution is -2.32. The Bertz CT molecular complexity index is 367. The van der Waals surface area contributed by atoms with Crippen LogP contribution in [0.1, 0.15) is 25.3 Å². The zero-order valence-corrected chi connectivity index (χ0v) is 12.7. The van der Waals surface area contributed by atoms with Crippen LogP contribution in [-0.2, 0) is 6.54 Å². The molecular formula is C15H25ClN2O. The predicted molar refractivity (Wildman–Crippen MR) is 82.2 cm³/mol. The molecule has 1 aliphatic heterocycles. The average molecular weight is 285 g/mol. The van der Waals surface area contributed by atoms with E-state index in [1.54, 1.807) is 0 Å². The third-order valence-electron chi connectivity index (χ3n) is 3.46. The van der Waals surface area contributed by atoms with Gasteiger partial charge in [0.15, 0.2) is 0 Å². The molecule has 1 saturated heterocycles. The van der Waals surface area contributed by atoms with Crippen molar-refractivity contribution in [2.45, 2.75) is 32.4 Å². The minimum absolute atomic E-state index is 0. The van der Waals surface area contributed by atoms with Gasteiger partial charge in [-0.15, -0.1) is 12.4 Å². The molecule has 0 spiro atoms. The smallest absolute Gasteiger partial charge is 0.119 e. The first-order chi connectivity index (χ1) is 8.79. The van der Waals surface area contributed by atoms with Crippen LogP contribution in [-0.4, -0.2) is 37.7 Å². The standard InChI is InChI=1S/C15H24N2O.ClH/c1-3-9-18-15-6-4-5-13(10-15)12-17(2)14-7-8-16-11-14;/h4-6,10,14,16H,3,7-9,11-12H2,1-2H3;1H. The van der Waals surface area contributed by atoms with Crippen LogP contribution in [0.15, 0.2) is 24.3 Å². The highest BCUT2D eigenvalue weighted by atomic mass is 35.5. The highest BCUT2D eigenvalue weighted by Crippen LogP contribution is 2.17. The molecule has 108 valence electrons. The van der Waals surface area contributed by atoms with Crippen LogP contribution in [0.5, 0.6) is 5.75 Å². The molecule has 1 unspecified atom stereocenters. The summed E-state index contributed by atoms with van der Waals surface area (Å²) >= 11 is 0. The maximum absolute atomic E-state index is 5.67. The minimum atomic E-state index is 0. The molecule has 1 aromatic rings. The predicted octanol–water partition coefficient (Wildman–Crippen LogP) is 2.69. The van der Waals surface area contributed by atoms with Gasteiger partial charge < -0.3 is 10.1 Å². The first-order valence-electron chi connectivity index (χ1n) is 6.92. The molecule has 0 bridgehead atoms. The Kier molecular flexibility index (Phi) is 7.21. The number of nitrogens with zero attached hydrogens (tertiary/aromatic N) is 1. The van der Waals surface area contributed by atoms with Crippen LogP contribution in [0.25, 0.3) is 0 Å². The van der Waals surface area contributed by atoms with Crippen LogP contribution >= 0.6 is 12.4 Å². The molecular weight excluding hydrogens is 260 g/mol. The van der Waals surface area contributed by atoms with Crippen molar-refractivity contribution in [2.75, 3.05) is 26.7 Å². The molecule has 0 amide bonds. The summed E-state index contributed by atoms with van der Waals surface area (Å²) in [5.41, 5.74) is 1.33. The maximum Gasteiger partial charge on any atom is 0.119 e. The van der Waals surface area contributed by atoms with Gasteiger partial charge in [0.1, 0.15) is 5.75 Å². The van der Waals surface area contributed by atoms with Crippen LogP contribution in [0, 0.1) is 0 Å². The molecule has 0 saturated carbocycles. The fraction of sp³-hybridized carbons (Fsp3) is 0.600. The second-order valence-electron chi connectivity index (χ2n) is 5.06. The fourth-order valence-corrected chi connectivity index (χ4v) is 2.39. The SMILES string of the molecule is CCCOc1cccc(CN(C)C2CCNC2)c1.Cl. The van der Waals surface area contributed by atoms with Gasteiger partial charge in [-0.2, -0.15) is 0 Å².